The van der Waals surface area contributed by atoms with E-state index in [1.165, 1.54) is 0 Å². The quantitative estimate of drug-likeness (QED) is 0.664. The molecule has 5 nitrogen and oxygen atoms in total. The van der Waals surface area contributed by atoms with Gasteiger partial charge in [0.1, 0.15) is 11.8 Å². The van der Waals surface area contributed by atoms with Gasteiger partial charge in [-0.25, -0.2) is 0 Å². The minimum Gasteiger partial charge on any atom is -0.493 e. The van der Waals surface area contributed by atoms with Crippen LogP contribution >= 0.6 is 0 Å². The van der Waals surface area contributed by atoms with Crippen molar-refractivity contribution in [1.29, 1.82) is 0 Å². The standard InChI is InChI=1S/C15H23NO4/c1-3-19-15(18)13(16-2)9-11-20-14-7-5-4-6-12(14)8-10-17/h4-7,13,16-17H,3,8-11H2,1-2H3. The Labute approximate surface area is 119 Å². The van der Waals surface area contributed by atoms with E-state index in [1.54, 1.807) is 14.0 Å². The number of hydrogen-bond donors (Lipinski definition) is 2. The molecule has 0 amide bonds. The fourth-order valence-electron chi connectivity index (χ4n) is 1.88. The van der Waals surface area contributed by atoms with Crippen molar-refractivity contribution in [3.63, 3.8) is 0 Å². The largest absolute Gasteiger partial charge is 0.493 e. The zero-order chi connectivity index (χ0) is 14.8. The first-order chi connectivity index (χ1) is 9.72. The minimum absolute atomic E-state index is 0.0857. The lowest BCUT2D eigenvalue weighted by Gasteiger charge is -2.16. The summed E-state index contributed by atoms with van der Waals surface area (Å²) in [6, 6.07) is 7.22. The van der Waals surface area contributed by atoms with Crippen molar-refractivity contribution in [1.82, 2.24) is 5.32 Å². The molecule has 0 aliphatic rings. The Hall–Kier alpha value is -1.59. The van der Waals surface area contributed by atoms with E-state index in [9.17, 15) is 4.79 Å². The SMILES string of the molecule is CCOC(=O)C(CCOc1ccccc1CCO)NC. The first-order valence-electron chi connectivity index (χ1n) is 6.88. The average molecular weight is 281 g/mol. The lowest BCUT2D eigenvalue weighted by Crippen LogP contribution is -2.36. The van der Waals surface area contributed by atoms with Gasteiger partial charge in [0, 0.05) is 13.0 Å². The smallest absolute Gasteiger partial charge is 0.323 e. The molecule has 1 atom stereocenters. The summed E-state index contributed by atoms with van der Waals surface area (Å²) in [5.74, 6) is 0.488. The van der Waals surface area contributed by atoms with Crippen LogP contribution in [0.5, 0.6) is 5.75 Å². The van der Waals surface area contributed by atoms with E-state index < -0.39 is 0 Å². The van der Waals surface area contributed by atoms with E-state index >= 15 is 0 Å². The van der Waals surface area contributed by atoms with E-state index in [2.05, 4.69) is 5.32 Å². The number of para-hydroxylation sites is 1. The summed E-state index contributed by atoms with van der Waals surface area (Å²) >= 11 is 0. The zero-order valence-corrected chi connectivity index (χ0v) is 12.1. The number of rotatable bonds is 9. The van der Waals surface area contributed by atoms with Crippen LogP contribution in [0, 0.1) is 0 Å². The number of aliphatic hydroxyl groups is 1. The summed E-state index contributed by atoms with van der Waals surface area (Å²) in [6.07, 6.45) is 1.09. The monoisotopic (exact) mass is 281 g/mol. The molecule has 0 aliphatic heterocycles. The number of aliphatic hydroxyl groups excluding tert-OH is 1. The molecule has 5 heteroatoms. The van der Waals surface area contributed by atoms with Gasteiger partial charge in [0.15, 0.2) is 0 Å². The molecule has 1 aromatic rings. The van der Waals surface area contributed by atoms with Gasteiger partial charge in [-0.05, 0) is 32.0 Å². The molecule has 0 radical (unpaired) electrons. The second-order valence-electron chi connectivity index (χ2n) is 4.31. The number of ether oxygens (including phenoxy) is 2. The Bertz CT molecular complexity index is 409. The maximum atomic E-state index is 11.6. The van der Waals surface area contributed by atoms with Crippen molar-refractivity contribution in [2.75, 3.05) is 26.9 Å². The van der Waals surface area contributed by atoms with E-state index in [1.807, 2.05) is 24.3 Å². The van der Waals surface area contributed by atoms with Crippen LogP contribution in [-0.4, -0.2) is 44.0 Å². The second-order valence-corrected chi connectivity index (χ2v) is 4.31. The predicted molar refractivity (Wildman–Crippen MR) is 76.8 cm³/mol. The molecule has 0 bridgehead atoms. The van der Waals surface area contributed by atoms with Gasteiger partial charge in [-0.1, -0.05) is 18.2 Å². The zero-order valence-electron chi connectivity index (χ0n) is 12.1. The number of hydrogen-bond acceptors (Lipinski definition) is 5. The molecular weight excluding hydrogens is 258 g/mol. The summed E-state index contributed by atoms with van der Waals surface area (Å²) in [5, 5.41) is 11.9. The van der Waals surface area contributed by atoms with Crippen molar-refractivity contribution in [2.24, 2.45) is 0 Å². The Morgan fingerprint density at radius 2 is 2.15 bits per heavy atom. The third kappa shape index (κ3) is 5.19. The molecule has 1 unspecified atom stereocenters. The highest BCUT2D eigenvalue weighted by Crippen LogP contribution is 2.18. The lowest BCUT2D eigenvalue weighted by molar-refractivity contribution is -0.145. The van der Waals surface area contributed by atoms with E-state index in [4.69, 9.17) is 14.6 Å². The first kappa shape index (κ1) is 16.5. The Morgan fingerprint density at radius 3 is 2.80 bits per heavy atom. The fraction of sp³-hybridized carbons (Fsp3) is 0.533. The second kappa shape index (κ2) is 9.34. The molecule has 0 aliphatic carbocycles. The van der Waals surface area contributed by atoms with Crippen LogP contribution < -0.4 is 10.1 Å². The normalized spacial score (nSPS) is 11.9. The van der Waals surface area contributed by atoms with Gasteiger partial charge >= 0.3 is 5.97 Å². The third-order valence-corrected chi connectivity index (χ3v) is 2.94. The molecule has 0 fully saturated rings. The number of carbonyl (C=O) groups excluding carboxylic acids is 1. The van der Waals surface area contributed by atoms with Crippen LogP contribution in [0.4, 0.5) is 0 Å². The van der Waals surface area contributed by atoms with Crippen molar-refractivity contribution < 1.29 is 19.4 Å². The van der Waals surface area contributed by atoms with Crippen LogP contribution in [0.1, 0.15) is 18.9 Å². The maximum absolute atomic E-state index is 11.6. The fourth-order valence-corrected chi connectivity index (χ4v) is 1.88. The molecule has 1 aromatic carbocycles. The van der Waals surface area contributed by atoms with Crippen molar-refractivity contribution in [3.8, 4) is 5.75 Å². The molecule has 0 spiro atoms. The Balaban J connectivity index is 2.48. The van der Waals surface area contributed by atoms with Gasteiger partial charge in [-0.2, -0.15) is 0 Å². The van der Waals surface area contributed by atoms with Crippen molar-refractivity contribution in [2.45, 2.75) is 25.8 Å². The van der Waals surface area contributed by atoms with Crippen LogP contribution in [0.3, 0.4) is 0 Å². The molecule has 0 saturated carbocycles. The number of likely N-dealkylation sites (N-methyl/N-ethyl adjacent to an activating group) is 1. The van der Waals surface area contributed by atoms with E-state index in [0.717, 1.165) is 11.3 Å². The van der Waals surface area contributed by atoms with Crippen molar-refractivity contribution in [3.05, 3.63) is 29.8 Å². The maximum Gasteiger partial charge on any atom is 0.323 e. The highest BCUT2D eigenvalue weighted by atomic mass is 16.5. The Kier molecular flexibility index (Phi) is 7.69. The molecular formula is C15H23NO4. The summed E-state index contributed by atoms with van der Waals surface area (Å²) in [6.45, 7) is 2.65. The van der Waals surface area contributed by atoms with Crippen LogP contribution in [-0.2, 0) is 16.0 Å². The highest BCUT2D eigenvalue weighted by Gasteiger charge is 2.17. The molecule has 2 N–H and O–H groups in total. The van der Waals surface area contributed by atoms with Gasteiger partial charge < -0.3 is 19.9 Å². The van der Waals surface area contributed by atoms with Crippen LogP contribution in [0.15, 0.2) is 24.3 Å². The summed E-state index contributed by atoms with van der Waals surface area (Å²) < 4.78 is 10.7. The summed E-state index contributed by atoms with van der Waals surface area (Å²) in [4.78, 5) is 11.6. The Morgan fingerprint density at radius 1 is 1.40 bits per heavy atom. The number of benzene rings is 1. The molecule has 0 heterocycles. The highest BCUT2D eigenvalue weighted by molar-refractivity contribution is 5.75. The van der Waals surface area contributed by atoms with Gasteiger partial charge in [-0.15, -0.1) is 0 Å². The average Bonchev–Trinajstić information content (AvgIpc) is 2.45. The van der Waals surface area contributed by atoms with E-state index in [0.29, 0.717) is 26.1 Å². The number of nitrogens with one attached hydrogen (secondary N) is 1. The van der Waals surface area contributed by atoms with Crippen LogP contribution in [0.2, 0.25) is 0 Å². The lowest BCUT2D eigenvalue weighted by atomic mass is 10.1. The number of carbonyl (C=O) groups is 1. The summed E-state index contributed by atoms with van der Waals surface area (Å²) in [7, 11) is 1.72. The molecule has 112 valence electrons. The van der Waals surface area contributed by atoms with Gasteiger partial charge in [-0.3, -0.25) is 4.79 Å². The predicted octanol–water partition coefficient (Wildman–Crippen LogP) is 1.14. The topological polar surface area (TPSA) is 67.8 Å². The summed E-state index contributed by atoms with van der Waals surface area (Å²) in [5.41, 5.74) is 0.965. The first-order valence-corrected chi connectivity index (χ1v) is 6.88. The molecule has 1 rings (SSSR count). The van der Waals surface area contributed by atoms with Gasteiger partial charge in [0.2, 0.25) is 0 Å². The van der Waals surface area contributed by atoms with Gasteiger partial charge in [0.05, 0.1) is 13.2 Å². The molecule has 0 aromatic heterocycles. The van der Waals surface area contributed by atoms with E-state index in [-0.39, 0.29) is 18.6 Å². The molecule has 20 heavy (non-hydrogen) atoms. The van der Waals surface area contributed by atoms with Crippen molar-refractivity contribution >= 4 is 5.97 Å². The van der Waals surface area contributed by atoms with Gasteiger partial charge in [0.25, 0.3) is 0 Å². The van der Waals surface area contributed by atoms with Crippen LogP contribution in [0.25, 0.3) is 0 Å². The molecule has 0 saturated heterocycles. The number of esters is 1. The third-order valence-electron chi connectivity index (χ3n) is 2.94. The minimum atomic E-state index is -0.361.